The molecule has 0 aliphatic rings. The number of hydrogen-bond acceptors (Lipinski definition) is 2. The summed E-state index contributed by atoms with van der Waals surface area (Å²) in [5.41, 5.74) is 1.08. The van der Waals surface area contributed by atoms with E-state index in [-0.39, 0.29) is 6.10 Å². The monoisotopic (exact) mass is 203 g/mol. The number of nitrogens with zero attached hydrogens (tertiary/aromatic N) is 1. The van der Waals surface area contributed by atoms with Crippen molar-refractivity contribution in [1.82, 2.24) is 0 Å². The lowest BCUT2D eigenvalue weighted by molar-refractivity contribution is 0.0379. The predicted molar refractivity (Wildman–Crippen MR) is 60.2 cm³/mol. The van der Waals surface area contributed by atoms with E-state index in [1.807, 2.05) is 30.3 Å². The quantitative estimate of drug-likeness (QED) is 0.735. The normalized spacial score (nSPS) is 12.4. The van der Waals surface area contributed by atoms with Crippen molar-refractivity contribution >= 4 is 0 Å². The van der Waals surface area contributed by atoms with Gasteiger partial charge in [-0.3, -0.25) is 0 Å². The standard InChI is InChI=1S/C13H17NO/c1-11(2)10-15-13(8-9-14)12-6-4-3-5-7-12/h3-7,11,13H,8,10H2,1-2H3. The van der Waals surface area contributed by atoms with Crippen LogP contribution in [0.3, 0.4) is 0 Å². The first-order chi connectivity index (χ1) is 7.24. The molecule has 0 aliphatic heterocycles. The fraction of sp³-hybridized carbons (Fsp3) is 0.462. The van der Waals surface area contributed by atoms with Gasteiger partial charge in [0.2, 0.25) is 0 Å². The Bertz CT molecular complexity index is 313. The van der Waals surface area contributed by atoms with Crippen LogP contribution in [0.5, 0.6) is 0 Å². The number of ether oxygens (including phenoxy) is 1. The lowest BCUT2D eigenvalue weighted by Gasteiger charge is -2.16. The summed E-state index contributed by atoms with van der Waals surface area (Å²) in [6, 6.07) is 12.1. The molecule has 0 N–H and O–H groups in total. The van der Waals surface area contributed by atoms with Crippen LogP contribution in [-0.2, 0) is 4.74 Å². The Kier molecular flexibility index (Phi) is 4.86. The maximum Gasteiger partial charge on any atom is 0.0954 e. The molecule has 0 fully saturated rings. The number of nitriles is 1. The molecule has 2 heteroatoms. The Morgan fingerprint density at radius 2 is 1.93 bits per heavy atom. The van der Waals surface area contributed by atoms with Crippen LogP contribution >= 0.6 is 0 Å². The van der Waals surface area contributed by atoms with Crippen LogP contribution in [0, 0.1) is 17.2 Å². The zero-order chi connectivity index (χ0) is 11.1. The van der Waals surface area contributed by atoms with Gasteiger partial charge in [-0.15, -0.1) is 0 Å². The Morgan fingerprint density at radius 3 is 2.47 bits per heavy atom. The minimum Gasteiger partial charge on any atom is -0.372 e. The van der Waals surface area contributed by atoms with Gasteiger partial charge in [0.15, 0.2) is 0 Å². The smallest absolute Gasteiger partial charge is 0.0954 e. The molecule has 0 saturated heterocycles. The molecule has 15 heavy (non-hydrogen) atoms. The van der Waals surface area contributed by atoms with Gasteiger partial charge < -0.3 is 4.74 Å². The van der Waals surface area contributed by atoms with E-state index in [0.717, 1.165) is 5.56 Å². The van der Waals surface area contributed by atoms with Gasteiger partial charge in [-0.05, 0) is 11.5 Å². The minimum absolute atomic E-state index is 0.0846. The van der Waals surface area contributed by atoms with Gasteiger partial charge in [-0.25, -0.2) is 0 Å². The third kappa shape index (κ3) is 4.14. The maximum absolute atomic E-state index is 8.73. The van der Waals surface area contributed by atoms with Crippen LogP contribution in [0.1, 0.15) is 31.9 Å². The molecule has 1 aromatic carbocycles. The van der Waals surface area contributed by atoms with Crippen molar-refractivity contribution in [2.75, 3.05) is 6.61 Å². The molecule has 80 valence electrons. The molecule has 1 aromatic rings. The fourth-order valence-electron chi connectivity index (χ4n) is 1.33. The van der Waals surface area contributed by atoms with Crippen molar-refractivity contribution in [2.24, 2.45) is 5.92 Å². The SMILES string of the molecule is CC(C)COC(CC#N)c1ccccc1. The van der Waals surface area contributed by atoms with Crippen molar-refractivity contribution in [2.45, 2.75) is 26.4 Å². The van der Waals surface area contributed by atoms with Crippen molar-refractivity contribution < 1.29 is 4.74 Å². The molecule has 0 aromatic heterocycles. The summed E-state index contributed by atoms with van der Waals surface area (Å²) < 4.78 is 5.71. The second-order valence-electron chi connectivity index (χ2n) is 3.99. The molecule has 0 heterocycles. The Balaban J connectivity index is 2.62. The highest BCUT2D eigenvalue weighted by atomic mass is 16.5. The Hall–Kier alpha value is -1.33. The molecule has 1 rings (SSSR count). The first-order valence-electron chi connectivity index (χ1n) is 5.27. The summed E-state index contributed by atoms with van der Waals surface area (Å²) in [5, 5.41) is 8.73. The zero-order valence-corrected chi connectivity index (χ0v) is 9.31. The lowest BCUT2D eigenvalue weighted by Crippen LogP contribution is -2.08. The van der Waals surface area contributed by atoms with Crippen molar-refractivity contribution in [1.29, 1.82) is 5.26 Å². The summed E-state index contributed by atoms with van der Waals surface area (Å²) in [6.45, 7) is 4.91. The molecule has 1 atom stereocenters. The number of rotatable bonds is 5. The van der Waals surface area contributed by atoms with Gasteiger partial charge in [0.25, 0.3) is 0 Å². The fourth-order valence-corrected chi connectivity index (χ4v) is 1.33. The molecular weight excluding hydrogens is 186 g/mol. The van der Waals surface area contributed by atoms with Crippen molar-refractivity contribution in [3.63, 3.8) is 0 Å². The van der Waals surface area contributed by atoms with Crippen molar-refractivity contribution in [3.8, 4) is 6.07 Å². The van der Waals surface area contributed by atoms with Crippen LogP contribution in [-0.4, -0.2) is 6.61 Å². The minimum atomic E-state index is -0.0846. The van der Waals surface area contributed by atoms with Gasteiger partial charge in [-0.1, -0.05) is 44.2 Å². The topological polar surface area (TPSA) is 33.0 Å². The van der Waals surface area contributed by atoms with Crippen LogP contribution in [0.4, 0.5) is 0 Å². The molecule has 0 amide bonds. The number of hydrogen-bond donors (Lipinski definition) is 0. The van der Waals surface area contributed by atoms with E-state index in [9.17, 15) is 0 Å². The molecule has 0 saturated carbocycles. The summed E-state index contributed by atoms with van der Waals surface area (Å²) in [7, 11) is 0. The van der Waals surface area contributed by atoms with Gasteiger partial charge in [0, 0.05) is 6.61 Å². The summed E-state index contributed by atoms with van der Waals surface area (Å²) in [6.07, 6.45) is 0.329. The molecule has 2 nitrogen and oxygen atoms in total. The first-order valence-corrected chi connectivity index (χ1v) is 5.27. The van der Waals surface area contributed by atoms with E-state index in [2.05, 4.69) is 19.9 Å². The van der Waals surface area contributed by atoms with Gasteiger partial charge >= 0.3 is 0 Å². The van der Waals surface area contributed by atoms with Crippen molar-refractivity contribution in [3.05, 3.63) is 35.9 Å². The van der Waals surface area contributed by atoms with E-state index in [1.165, 1.54) is 0 Å². The van der Waals surface area contributed by atoms with Crippen LogP contribution in [0.2, 0.25) is 0 Å². The highest BCUT2D eigenvalue weighted by molar-refractivity contribution is 5.18. The third-order valence-electron chi connectivity index (χ3n) is 2.08. The molecule has 0 aliphatic carbocycles. The Labute approximate surface area is 91.5 Å². The van der Waals surface area contributed by atoms with E-state index in [0.29, 0.717) is 18.9 Å². The number of benzene rings is 1. The summed E-state index contributed by atoms with van der Waals surface area (Å²) in [4.78, 5) is 0. The van der Waals surface area contributed by atoms with Gasteiger partial charge in [-0.2, -0.15) is 5.26 Å². The first kappa shape index (κ1) is 11.7. The van der Waals surface area contributed by atoms with Gasteiger partial charge in [0.1, 0.15) is 0 Å². The third-order valence-corrected chi connectivity index (χ3v) is 2.08. The van der Waals surface area contributed by atoms with E-state index in [4.69, 9.17) is 10.00 Å². The summed E-state index contributed by atoms with van der Waals surface area (Å²) >= 11 is 0. The van der Waals surface area contributed by atoms with Gasteiger partial charge in [0.05, 0.1) is 18.6 Å². The average Bonchev–Trinajstić information content (AvgIpc) is 2.25. The maximum atomic E-state index is 8.73. The zero-order valence-electron chi connectivity index (χ0n) is 9.31. The van der Waals surface area contributed by atoms with Crippen LogP contribution in [0.25, 0.3) is 0 Å². The lowest BCUT2D eigenvalue weighted by atomic mass is 10.1. The molecule has 0 radical (unpaired) electrons. The molecule has 0 bridgehead atoms. The van der Waals surface area contributed by atoms with Crippen LogP contribution < -0.4 is 0 Å². The highest BCUT2D eigenvalue weighted by Gasteiger charge is 2.11. The second-order valence-corrected chi connectivity index (χ2v) is 3.99. The predicted octanol–water partition coefficient (Wildman–Crippen LogP) is 3.31. The average molecular weight is 203 g/mol. The molecular formula is C13H17NO. The van der Waals surface area contributed by atoms with E-state index >= 15 is 0 Å². The second kappa shape index (κ2) is 6.21. The highest BCUT2D eigenvalue weighted by Crippen LogP contribution is 2.21. The summed E-state index contributed by atoms with van der Waals surface area (Å²) in [5.74, 6) is 0.495. The van der Waals surface area contributed by atoms with Crippen LogP contribution in [0.15, 0.2) is 30.3 Å². The van der Waals surface area contributed by atoms with E-state index in [1.54, 1.807) is 0 Å². The molecule has 0 spiro atoms. The van der Waals surface area contributed by atoms with E-state index < -0.39 is 0 Å². The molecule has 1 unspecified atom stereocenters. The largest absolute Gasteiger partial charge is 0.372 e. The Morgan fingerprint density at radius 1 is 1.27 bits per heavy atom.